The van der Waals surface area contributed by atoms with E-state index in [1.165, 1.54) is 0 Å². The summed E-state index contributed by atoms with van der Waals surface area (Å²) >= 11 is 4.77. The molecule has 0 spiro atoms. The van der Waals surface area contributed by atoms with Crippen LogP contribution < -0.4 is 11.1 Å². The van der Waals surface area contributed by atoms with Crippen molar-refractivity contribution in [2.75, 3.05) is 0 Å². The zero-order valence-corrected chi connectivity index (χ0v) is 10.7. The van der Waals surface area contributed by atoms with Gasteiger partial charge in [0.2, 0.25) is 11.8 Å². The van der Waals surface area contributed by atoms with Crippen LogP contribution in [0.15, 0.2) is 0 Å². The molecule has 0 saturated heterocycles. The lowest BCUT2D eigenvalue weighted by Gasteiger charge is -2.19. The normalized spacial score (nSPS) is 24.3. The first-order chi connectivity index (χ1) is 7.84. The number of hydrogen-bond donors (Lipinski definition) is 2. The molecule has 2 unspecified atom stereocenters. The number of rotatable bonds is 5. The third-order valence-electron chi connectivity index (χ3n) is 3.06. The molecule has 0 aliphatic heterocycles. The molecule has 0 aromatic carbocycles. The molecule has 17 heavy (non-hydrogen) atoms. The van der Waals surface area contributed by atoms with Crippen molar-refractivity contribution in [2.45, 2.75) is 51.0 Å². The number of carbonyl (C=O) groups is 1. The van der Waals surface area contributed by atoms with Crippen LogP contribution in [0.1, 0.15) is 39.0 Å². The molecule has 2 atom stereocenters. The summed E-state index contributed by atoms with van der Waals surface area (Å²) in [6, 6.07) is -0.144. The first kappa shape index (κ1) is 14.3. The van der Waals surface area contributed by atoms with Gasteiger partial charge in [0.15, 0.2) is 0 Å². The van der Waals surface area contributed by atoms with Crippen molar-refractivity contribution in [1.29, 1.82) is 0 Å². The third-order valence-corrected chi connectivity index (χ3v) is 3.23. The minimum atomic E-state index is -2.69. The molecule has 0 heterocycles. The molecule has 6 heteroatoms. The topological polar surface area (TPSA) is 55.1 Å². The van der Waals surface area contributed by atoms with E-state index >= 15 is 0 Å². The zero-order valence-electron chi connectivity index (χ0n) is 9.84. The standard InChI is InChI=1S/C11H18F2N2OS/c1-2-8(5-9(14)17)15-10(16)7-3-4-11(12,13)6-7/h7-8H,2-6H2,1H3,(H2,14,17)(H,15,16). The molecule has 0 aromatic rings. The van der Waals surface area contributed by atoms with Crippen molar-refractivity contribution < 1.29 is 13.6 Å². The van der Waals surface area contributed by atoms with Gasteiger partial charge >= 0.3 is 0 Å². The van der Waals surface area contributed by atoms with E-state index in [1.807, 2.05) is 6.92 Å². The van der Waals surface area contributed by atoms with E-state index < -0.39 is 11.8 Å². The summed E-state index contributed by atoms with van der Waals surface area (Å²) in [5, 5.41) is 2.74. The number of carbonyl (C=O) groups excluding carboxylic acids is 1. The maximum atomic E-state index is 13.0. The van der Waals surface area contributed by atoms with Crippen LogP contribution >= 0.6 is 12.2 Å². The Morgan fingerprint density at radius 1 is 1.65 bits per heavy atom. The van der Waals surface area contributed by atoms with E-state index in [2.05, 4.69) is 5.32 Å². The van der Waals surface area contributed by atoms with Crippen LogP contribution in [0.4, 0.5) is 8.78 Å². The number of halogens is 2. The quantitative estimate of drug-likeness (QED) is 0.747. The number of nitrogens with two attached hydrogens (primary N) is 1. The second kappa shape index (κ2) is 5.71. The Hall–Kier alpha value is -0.780. The smallest absolute Gasteiger partial charge is 0.248 e. The first-order valence-corrected chi connectivity index (χ1v) is 6.21. The summed E-state index contributed by atoms with van der Waals surface area (Å²) < 4.78 is 25.9. The number of amides is 1. The Balaban J connectivity index is 2.45. The monoisotopic (exact) mass is 264 g/mol. The molecule has 0 aromatic heterocycles. The highest BCUT2D eigenvalue weighted by molar-refractivity contribution is 7.80. The predicted octanol–water partition coefficient (Wildman–Crippen LogP) is 1.99. The van der Waals surface area contributed by atoms with E-state index in [9.17, 15) is 13.6 Å². The molecular formula is C11H18F2N2OS. The average Bonchev–Trinajstić information content (AvgIpc) is 2.57. The van der Waals surface area contributed by atoms with Gasteiger partial charge in [-0.3, -0.25) is 4.79 Å². The first-order valence-electron chi connectivity index (χ1n) is 5.80. The van der Waals surface area contributed by atoms with Crippen LogP contribution in [-0.2, 0) is 4.79 Å². The van der Waals surface area contributed by atoms with E-state index in [-0.39, 0.29) is 31.2 Å². The van der Waals surface area contributed by atoms with Gasteiger partial charge in [-0.05, 0) is 12.8 Å². The molecule has 3 N–H and O–H groups in total. The summed E-state index contributed by atoms with van der Waals surface area (Å²) in [5.74, 6) is -3.57. The maximum Gasteiger partial charge on any atom is 0.248 e. The lowest BCUT2D eigenvalue weighted by Crippen LogP contribution is -2.40. The zero-order chi connectivity index (χ0) is 13.1. The summed E-state index contributed by atoms with van der Waals surface area (Å²) in [6.07, 6.45) is 0.814. The Labute approximate surface area is 105 Å². The van der Waals surface area contributed by atoms with Gasteiger partial charge in [0.25, 0.3) is 0 Å². The van der Waals surface area contributed by atoms with E-state index in [0.29, 0.717) is 17.8 Å². The third kappa shape index (κ3) is 4.53. The number of hydrogen-bond acceptors (Lipinski definition) is 2. The van der Waals surface area contributed by atoms with Gasteiger partial charge in [-0.1, -0.05) is 19.1 Å². The van der Waals surface area contributed by atoms with Gasteiger partial charge in [-0.15, -0.1) is 0 Å². The van der Waals surface area contributed by atoms with Crippen LogP contribution in [0.5, 0.6) is 0 Å². The van der Waals surface area contributed by atoms with Crippen molar-refractivity contribution in [3.05, 3.63) is 0 Å². The predicted molar refractivity (Wildman–Crippen MR) is 65.9 cm³/mol. The van der Waals surface area contributed by atoms with E-state index in [0.717, 1.165) is 0 Å². The number of nitrogens with one attached hydrogen (secondary N) is 1. The molecule has 0 radical (unpaired) electrons. The molecule has 1 amide bonds. The molecule has 1 fully saturated rings. The summed E-state index contributed by atoms with van der Waals surface area (Å²) in [7, 11) is 0. The van der Waals surface area contributed by atoms with Gasteiger partial charge < -0.3 is 11.1 Å². The highest BCUT2D eigenvalue weighted by atomic mass is 32.1. The lowest BCUT2D eigenvalue weighted by molar-refractivity contribution is -0.126. The number of thiocarbonyl (C=S) groups is 1. The highest BCUT2D eigenvalue weighted by Gasteiger charge is 2.42. The van der Waals surface area contributed by atoms with Gasteiger partial charge in [-0.2, -0.15) is 0 Å². The molecule has 98 valence electrons. The Bertz CT molecular complexity index is 310. The van der Waals surface area contributed by atoms with Gasteiger partial charge in [0, 0.05) is 31.2 Å². The van der Waals surface area contributed by atoms with Gasteiger partial charge in [-0.25, -0.2) is 8.78 Å². The van der Waals surface area contributed by atoms with Crippen LogP contribution in [0.3, 0.4) is 0 Å². The SMILES string of the molecule is CCC(CC(N)=S)NC(=O)C1CCC(F)(F)C1. The van der Waals surface area contributed by atoms with Crippen LogP contribution in [0.25, 0.3) is 0 Å². The van der Waals surface area contributed by atoms with Crippen molar-refractivity contribution in [1.82, 2.24) is 5.32 Å². The van der Waals surface area contributed by atoms with Crippen molar-refractivity contribution in [2.24, 2.45) is 11.7 Å². The fourth-order valence-electron chi connectivity index (χ4n) is 2.03. The van der Waals surface area contributed by atoms with E-state index in [1.54, 1.807) is 0 Å². The average molecular weight is 264 g/mol. The summed E-state index contributed by atoms with van der Waals surface area (Å²) in [6.45, 7) is 1.90. The molecule has 0 bridgehead atoms. The van der Waals surface area contributed by atoms with Crippen LogP contribution in [0.2, 0.25) is 0 Å². The highest BCUT2D eigenvalue weighted by Crippen LogP contribution is 2.38. The van der Waals surface area contributed by atoms with Crippen molar-refractivity contribution in [3.8, 4) is 0 Å². The Morgan fingerprint density at radius 3 is 2.71 bits per heavy atom. The van der Waals surface area contributed by atoms with Gasteiger partial charge in [0.05, 0.1) is 4.99 Å². The van der Waals surface area contributed by atoms with Crippen LogP contribution in [0, 0.1) is 5.92 Å². The van der Waals surface area contributed by atoms with Gasteiger partial charge in [0.1, 0.15) is 0 Å². The molecule has 1 aliphatic carbocycles. The summed E-state index contributed by atoms with van der Waals surface area (Å²) in [4.78, 5) is 12.1. The number of alkyl halides is 2. The molecule has 1 saturated carbocycles. The van der Waals surface area contributed by atoms with Crippen molar-refractivity contribution in [3.63, 3.8) is 0 Å². The van der Waals surface area contributed by atoms with E-state index in [4.69, 9.17) is 18.0 Å². The molecule has 1 aliphatic rings. The molecular weight excluding hydrogens is 246 g/mol. The van der Waals surface area contributed by atoms with Crippen LogP contribution in [-0.4, -0.2) is 22.9 Å². The Kier molecular flexibility index (Phi) is 4.80. The molecule has 1 rings (SSSR count). The summed E-state index contributed by atoms with van der Waals surface area (Å²) in [5.41, 5.74) is 5.40. The second-order valence-corrected chi connectivity index (χ2v) is 5.10. The lowest BCUT2D eigenvalue weighted by atomic mass is 10.1. The maximum absolute atomic E-state index is 13.0. The second-order valence-electron chi connectivity index (χ2n) is 4.58. The Morgan fingerprint density at radius 2 is 2.29 bits per heavy atom. The molecule has 3 nitrogen and oxygen atoms in total. The van der Waals surface area contributed by atoms with Crippen molar-refractivity contribution >= 4 is 23.1 Å². The minimum Gasteiger partial charge on any atom is -0.393 e. The largest absolute Gasteiger partial charge is 0.393 e. The fraction of sp³-hybridized carbons (Fsp3) is 0.818. The fourth-order valence-corrected chi connectivity index (χ4v) is 2.23. The minimum absolute atomic E-state index is 0.144.